The highest BCUT2D eigenvalue weighted by Crippen LogP contribution is 2.15. The van der Waals surface area contributed by atoms with Crippen LogP contribution >= 0.6 is 0 Å². The van der Waals surface area contributed by atoms with Gasteiger partial charge in [0.15, 0.2) is 5.96 Å². The van der Waals surface area contributed by atoms with E-state index in [2.05, 4.69) is 67.8 Å². The lowest BCUT2D eigenvalue weighted by atomic mass is 10.2. The molecule has 0 fully saturated rings. The molecule has 2 N–H and O–H groups in total. The highest BCUT2D eigenvalue weighted by molar-refractivity contribution is 5.80. The Labute approximate surface area is 160 Å². The van der Waals surface area contributed by atoms with Gasteiger partial charge >= 0.3 is 0 Å². The number of anilines is 1. The van der Waals surface area contributed by atoms with Gasteiger partial charge in [0.1, 0.15) is 5.82 Å². The Hall–Kier alpha value is -3.02. The number of guanidine groups is 1. The van der Waals surface area contributed by atoms with E-state index in [1.54, 1.807) is 7.05 Å². The molecule has 0 unspecified atom stereocenters. The van der Waals surface area contributed by atoms with Crippen molar-refractivity contribution < 1.29 is 0 Å². The van der Waals surface area contributed by atoms with E-state index in [0.29, 0.717) is 6.54 Å². The lowest BCUT2D eigenvalue weighted by molar-refractivity contribution is 0.640. The van der Waals surface area contributed by atoms with Crippen molar-refractivity contribution in [3.8, 4) is 0 Å². The second-order valence-corrected chi connectivity index (χ2v) is 6.69. The number of nitrogens with zero attached hydrogens (tertiary/aromatic N) is 4. The highest BCUT2D eigenvalue weighted by atomic mass is 15.2. The predicted molar refractivity (Wildman–Crippen MR) is 113 cm³/mol. The summed E-state index contributed by atoms with van der Waals surface area (Å²) in [5.41, 5.74) is 2.46. The van der Waals surface area contributed by atoms with Gasteiger partial charge in [0.25, 0.3) is 0 Å². The Morgan fingerprint density at radius 3 is 2.81 bits per heavy atom. The lowest BCUT2D eigenvalue weighted by Crippen LogP contribution is -2.37. The predicted octanol–water partition coefficient (Wildman–Crippen LogP) is 2.86. The minimum Gasteiger partial charge on any atom is -0.363 e. The van der Waals surface area contributed by atoms with E-state index in [4.69, 9.17) is 0 Å². The third-order valence-electron chi connectivity index (χ3n) is 4.50. The fraction of sp³-hybridized carbons (Fsp3) is 0.333. The number of pyridine rings is 1. The minimum atomic E-state index is 0.714. The smallest absolute Gasteiger partial charge is 0.191 e. The summed E-state index contributed by atoms with van der Waals surface area (Å²) in [4.78, 5) is 10.7. The van der Waals surface area contributed by atoms with Crippen molar-refractivity contribution >= 4 is 22.7 Å². The summed E-state index contributed by atoms with van der Waals surface area (Å²) in [6, 6.07) is 14.7. The van der Waals surface area contributed by atoms with E-state index in [9.17, 15) is 0 Å². The van der Waals surface area contributed by atoms with E-state index >= 15 is 0 Å². The van der Waals surface area contributed by atoms with E-state index in [-0.39, 0.29) is 0 Å². The first-order chi connectivity index (χ1) is 13.2. The molecule has 0 saturated heterocycles. The van der Waals surface area contributed by atoms with E-state index in [1.165, 1.54) is 16.5 Å². The topological polar surface area (TPSA) is 57.5 Å². The number of hydrogen-bond donors (Lipinski definition) is 2. The van der Waals surface area contributed by atoms with Crippen LogP contribution in [-0.4, -0.2) is 43.2 Å². The molecule has 0 aliphatic rings. The van der Waals surface area contributed by atoms with E-state index in [1.807, 2.05) is 31.3 Å². The second kappa shape index (κ2) is 9.07. The van der Waals surface area contributed by atoms with Gasteiger partial charge in [-0.05, 0) is 41.6 Å². The molecule has 1 aromatic carbocycles. The van der Waals surface area contributed by atoms with Crippen LogP contribution in [0.2, 0.25) is 0 Å². The summed E-state index contributed by atoms with van der Waals surface area (Å²) in [5, 5.41) is 8.04. The molecule has 0 amide bonds. The van der Waals surface area contributed by atoms with Crippen LogP contribution in [0.25, 0.3) is 10.9 Å². The molecule has 2 aromatic heterocycles. The standard InChI is InChI=1S/C21H28N6/c1-22-21(25-16-17-9-12-23-20(15-17)26(2)3)24-11-6-13-27-14-10-18-7-4-5-8-19(18)27/h4-5,7-10,12,14-15H,6,11,13,16H2,1-3H3,(H2,22,24,25). The largest absolute Gasteiger partial charge is 0.363 e. The number of aliphatic imine (C=N–C) groups is 1. The molecule has 3 rings (SSSR count). The number of benzene rings is 1. The molecule has 6 heteroatoms. The fourth-order valence-electron chi connectivity index (χ4n) is 3.01. The summed E-state index contributed by atoms with van der Waals surface area (Å²) in [5.74, 6) is 1.77. The Morgan fingerprint density at radius 2 is 2.00 bits per heavy atom. The number of hydrogen-bond acceptors (Lipinski definition) is 3. The number of rotatable bonds is 7. The van der Waals surface area contributed by atoms with Crippen molar-refractivity contribution in [2.75, 3.05) is 32.6 Å². The van der Waals surface area contributed by atoms with Gasteiger partial charge in [-0.1, -0.05) is 18.2 Å². The van der Waals surface area contributed by atoms with Gasteiger partial charge in [-0.25, -0.2) is 4.98 Å². The van der Waals surface area contributed by atoms with Crippen molar-refractivity contribution in [3.63, 3.8) is 0 Å². The summed E-state index contributed by atoms with van der Waals surface area (Å²) < 4.78 is 2.30. The molecule has 6 nitrogen and oxygen atoms in total. The summed E-state index contributed by atoms with van der Waals surface area (Å²) in [6.45, 7) is 2.56. The van der Waals surface area contributed by atoms with Crippen LogP contribution in [-0.2, 0) is 13.1 Å². The number of nitrogens with one attached hydrogen (secondary N) is 2. The fourth-order valence-corrected chi connectivity index (χ4v) is 3.01. The molecule has 0 bridgehead atoms. The maximum absolute atomic E-state index is 4.34. The molecule has 0 radical (unpaired) electrons. The van der Waals surface area contributed by atoms with Crippen molar-refractivity contribution in [3.05, 3.63) is 60.4 Å². The molecule has 0 saturated carbocycles. The van der Waals surface area contributed by atoms with Gasteiger partial charge in [0.2, 0.25) is 0 Å². The van der Waals surface area contributed by atoms with Crippen molar-refractivity contribution in [2.45, 2.75) is 19.5 Å². The molecule has 0 atom stereocenters. The van der Waals surface area contributed by atoms with Crippen LogP contribution in [0.3, 0.4) is 0 Å². The third kappa shape index (κ3) is 5.00. The van der Waals surface area contributed by atoms with Gasteiger partial charge < -0.3 is 20.1 Å². The maximum atomic E-state index is 4.34. The van der Waals surface area contributed by atoms with Gasteiger partial charge in [0, 0.05) is 58.7 Å². The molecule has 0 aliphatic heterocycles. The number of aryl methyl sites for hydroxylation is 1. The zero-order valence-electron chi connectivity index (χ0n) is 16.3. The first kappa shape index (κ1) is 18.8. The van der Waals surface area contributed by atoms with Crippen LogP contribution in [0.4, 0.5) is 5.82 Å². The van der Waals surface area contributed by atoms with Crippen LogP contribution in [0.1, 0.15) is 12.0 Å². The van der Waals surface area contributed by atoms with Gasteiger partial charge in [-0.2, -0.15) is 0 Å². The Morgan fingerprint density at radius 1 is 1.15 bits per heavy atom. The summed E-state index contributed by atoms with van der Waals surface area (Å²) in [7, 11) is 5.79. The lowest BCUT2D eigenvalue weighted by Gasteiger charge is -2.14. The molecular weight excluding hydrogens is 336 g/mol. The average molecular weight is 364 g/mol. The van der Waals surface area contributed by atoms with E-state index < -0.39 is 0 Å². The third-order valence-corrected chi connectivity index (χ3v) is 4.50. The first-order valence-corrected chi connectivity index (χ1v) is 9.28. The number of para-hydroxylation sites is 1. The van der Waals surface area contributed by atoms with Gasteiger partial charge in [-0.3, -0.25) is 4.99 Å². The van der Waals surface area contributed by atoms with Crippen molar-refractivity contribution in [1.29, 1.82) is 0 Å². The number of aromatic nitrogens is 2. The maximum Gasteiger partial charge on any atom is 0.191 e. The molecular formula is C21H28N6. The van der Waals surface area contributed by atoms with Crippen LogP contribution < -0.4 is 15.5 Å². The summed E-state index contributed by atoms with van der Waals surface area (Å²) in [6.07, 6.45) is 5.02. The molecule has 3 aromatic rings. The monoisotopic (exact) mass is 364 g/mol. The first-order valence-electron chi connectivity index (χ1n) is 9.28. The molecule has 142 valence electrons. The van der Waals surface area contributed by atoms with Crippen molar-refractivity contribution in [1.82, 2.24) is 20.2 Å². The van der Waals surface area contributed by atoms with Gasteiger partial charge in [-0.15, -0.1) is 0 Å². The zero-order chi connectivity index (χ0) is 19.1. The normalized spacial score (nSPS) is 11.6. The van der Waals surface area contributed by atoms with Crippen LogP contribution in [0.15, 0.2) is 59.9 Å². The Bertz CT molecular complexity index is 896. The Kier molecular flexibility index (Phi) is 6.30. The molecule has 0 aliphatic carbocycles. The molecule has 27 heavy (non-hydrogen) atoms. The molecule has 0 spiro atoms. The van der Waals surface area contributed by atoms with Crippen LogP contribution in [0, 0.1) is 0 Å². The van der Waals surface area contributed by atoms with Crippen LogP contribution in [0.5, 0.6) is 0 Å². The van der Waals surface area contributed by atoms with Gasteiger partial charge in [0.05, 0.1) is 0 Å². The van der Waals surface area contributed by atoms with Crippen molar-refractivity contribution in [2.24, 2.45) is 4.99 Å². The molecule has 2 heterocycles. The zero-order valence-corrected chi connectivity index (χ0v) is 16.3. The second-order valence-electron chi connectivity index (χ2n) is 6.69. The summed E-state index contributed by atoms with van der Waals surface area (Å²) >= 11 is 0. The minimum absolute atomic E-state index is 0.714. The Balaban J connectivity index is 1.45. The quantitative estimate of drug-likeness (QED) is 0.385. The average Bonchev–Trinajstić information content (AvgIpc) is 3.11. The highest BCUT2D eigenvalue weighted by Gasteiger charge is 2.03. The van der Waals surface area contributed by atoms with E-state index in [0.717, 1.165) is 31.3 Å². The number of fused-ring (bicyclic) bond motifs is 1. The SMILES string of the molecule is CN=C(NCCCn1ccc2ccccc21)NCc1ccnc(N(C)C)c1.